The third-order valence-electron chi connectivity index (χ3n) is 2.78. The van der Waals surface area contributed by atoms with Crippen LogP contribution in [0.15, 0.2) is 42.5 Å². The van der Waals surface area contributed by atoms with Crippen LogP contribution < -0.4 is 4.74 Å². The first-order chi connectivity index (χ1) is 9.10. The van der Waals surface area contributed by atoms with Crippen molar-refractivity contribution in [3.8, 4) is 22.9 Å². The molecule has 0 aromatic heterocycles. The van der Waals surface area contributed by atoms with E-state index < -0.39 is 0 Å². The Morgan fingerprint density at radius 2 is 1.74 bits per heavy atom. The minimum absolute atomic E-state index is 0.325. The highest BCUT2D eigenvalue weighted by Gasteiger charge is 2.05. The van der Waals surface area contributed by atoms with Crippen LogP contribution in [0.2, 0.25) is 0 Å². The summed E-state index contributed by atoms with van der Waals surface area (Å²) in [6.45, 7) is 3.28. The number of nitriles is 1. The molecule has 0 bridgehead atoms. The van der Waals surface area contributed by atoms with Crippen LogP contribution in [-0.2, 0) is 4.79 Å². The van der Waals surface area contributed by atoms with Gasteiger partial charge in [0.1, 0.15) is 5.75 Å². The predicted molar refractivity (Wildman–Crippen MR) is 72.6 cm³/mol. The number of esters is 1. The molecule has 2 aromatic rings. The topological polar surface area (TPSA) is 50.1 Å². The van der Waals surface area contributed by atoms with Crippen LogP contribution in [0.25, 0.3) is 11.1 Å². The lowest BCUT2D eigenvalue weighted by atomic mass is 10.0. The maximum Gasteiger partial charge on any atom is 0.308 e. The average molecular weight is 251 g/mol. The molecule has 94 valence electrons. The zero-order valence-electron chi connectivity index (χ0n) is 10.8. The molecule has 0 aliphatic heterocycles. The third kappa shape index (κ3) is 2.99. The number of nitrogens with zero attached hydrogens (tertiary/aromatic N) is 1. The van der Waals surface area contributed by atoms with Gasteiger partial charge in [0.25, 0.3) is 0 Å². The number of carbonyl (C=O) groups is 1. The molecule has 0 unspecified atom stereocenters. The monoisotopic (exact) mass is 251 g/mol. The zero-order valence-corrected chi connectivity index (χ0v) is 10.8. The molecule has 0 heterocycles. The van der Waals surface area contributed by atoms with Gasteiger partial charge in [-0.05, 0) is 47.9 Å². The Labute approximate surface area is 112 Å². The van der Waals surface area contributed by atoms with E-state index in [0.717, 1.165) is 16.7 Å². The van der Waals surface area contributed by atoms with Crippen molar-refractivity contribution in [1.29, 1.82) is 5.26 Å². The van der Waals surface area contributed by atoms with Gasteiger partial charge in [-0.1, -0.05) is 18.2 Å². The molecular weight excluding hydrogens is 238 g/mol. The molecule has 2 rings (SSSR count). The van der Waals surface area contributed by atoms with Crippen LogP contribution >= 0.6 is 0 Å². The van der Waals surface area contributed by atoms with Gasteiger partial charge in [0.15, 0.2) is 0 Å². The Morgan fingerprint density at radius 3 is 2.26 bits per heavy atom. The number of hydrogen-bond donors (Lipinski definition) is 0. The second-order valence-corrected chi connectivity index (χ2v) is 4.26. The van der Waals surface area contributed by atoms with Crippen LogP contribution in [0.5, 0.6) is 5.75 Å². The smallest absolute Gasteiger partial charge is 0.308 e. The van der Waals surface area contributed by atoms with Crippen molar-refractivity contribution in [2.45, 2.75) is 13.8 Å². The van der Waals surface area contributed by atoms with Crippen LogP contribution in [0.3, 0.4) is 0 Å². The lowest BCUT2D eigenvalue weighted by Crippen LogP contribution is -2.02. The first kappa shape index (κ1) is 12.8. The van der Waals surface area contributed by atoms with E-state index in [9.17, 15) is 4.79 Å². The van der Waals surface area contributed by atoms with Crippen molar-refractivity contribution >= 4 is 5.97 Å². The van der Waals surface area contributed by atoms with Gasteiger partial charge in [0, 0.05) is 6.92 Å². The number of benzene rings is 2. The van der Waals surface area contributed by atoms with E-state index in [1.165, 1.54) is 6.92 Å². The molecule has 0 fully saturated rings. The van der Waals surface area contributed by atoms with Gasteiger partial charge in [0.2, 0.25) is 0 Å². The van der Waals surface area contributed by atoms with Gasteiger partial charge in [-0.2, -0.15) is 5.26 Å². The Balaban J connectivity index is 2.33. The number of carbonyl (C=O) groups excluding carboxylic acids is 1. The number of rotatable bonds is 2. The maximum absolute atomic E-state index is 10.9. The minimum Gasteiger partial charge on any atom is -0.426 e. The van der Waals surface area contributed by atoms with E-state index in [4.69, 9.17) is 10.00 Å². The number of hydrogen-bond acceptors (Lipinski definition) is 3. The largest absolute Gasteiger partial charge is 0.426 e. The summed E-state index contributed by atoms with van der Waals surface area (Å²) in [4.78, 5) is 10.9. The molecule has 19 heavy (non-hydrogen) atoms. The molecule has 0 atom stereocenters. The van der Waals surface area contributed by atoms with Crippen molar-refractivity contribution in [3.63, 3.8) is 0 Å². The lowest BCUT2D eigenvalue weighted by Gasteiger charge is -2.08. The molecule has 3 heteroatoms. The van der Waals surface area contributed by atoms with E-state index >= 15 is 0 Å². The van der Waals surface area contributed by atoms with Gasteiger partial charge in [0.05, 0.1) is 11.6 Å². The molecule has 0 aliphatic carbocycles. The highest BCUT2D eigenvalue weighted by Crippen LogP contribution is 2.26. The second kappa shape index (κ2) is 5.36. The molecule has 2 aromatic carbocycles. The fourth-order valence-corrected chi connectivity index (χ4v) is 1.84. The SMILES string of the molecule is CC(=O)Oc1ccc(-c2ccc(C#N)cc2)cc1C. The molecular formula is C16H13NO2. The van der Waals surface area contributed by atoms with Crippen LogP contribution in [0, 0.1) is 18.3 Å². The summed E-state index contributed by atoms with van der Waals surface area (Å²) in [5.74, 6) is 0.249. The summed E-state index contributed by atoms with van der Waals surface area (Å²) in [5.41, 5.74) is 3.59. The van der Waals surface area contributed by atoms with Gasteiger partial charge in [-0.25, -0.2) is 0 Å². The minimum atomic E-state index is -0.325. The van der Waals surface area contributed by atoms with Crippen molar-refractivity contribution in [1.82, 2.24) is 0 Å². The van der Waals surface area contributed by atoms with Gasteiger partial charge in [-0.3, -0.25) is 4.79 Å². The normalized spacial score (nSPS) is 9.74. The first-order valence-corrected chi connectivity index (χ1v) is 5.90. The third-order valence-corrected chi connectivity index (χ3v) is 2.78. The summed E-state index contributed by atoms with van der Waals surface area (Å²) in [7, 11) is 0. The van der Waals surface area contributed by atoms with E-state index in [-0.39, 0.29) is 5.97 Å². The average Bonchev–Trinajstić information content (AvgIpc) is 2.41. The van der Waals surface area contributed by atoms with E-state index in [1.807, 2.05) is 31.2 Å². The molecule has 0 amide bonds. The molecule has 3 nitrogen and oxygen atoms in total. The fraction of sp³-hybridized carbons (Fsp3) is 0.125. The van der Waals surface area contributed by atoms with Crippen LogP contribution in [-0.4, -0.2) is 5.97 Å². The molecule has 0 N–H and O–H groups in total. The molecule has 0 saturated heterocycles. The standard InChI is InChI=1S/C16H13NO2/c1-11-9-15(7-8-16(11)19-12(2)18)14-5-3-13(10-17)4-6-14/h3-9H,1-2H3. The lowest BCUT2D eigenvalue weighted by molar-refractivity contribution is -0.131. The number of ether oxygens (including phenoxy) is 1. The summed E-state index contributed by atoms with van der Waals surface area (Å²) < 4.78 is 5.09. The molecule has 0 radical (unpaired) electrons. The van der Waals surface area contributed by atoms with Crippen LogP contribution in [0.4, 0.5) is 0 Å². The summed E-state index contributed by atoms with van der Waals surface area (Å²) >= 11 is 0. The summed E-state index contributed by atoms with van der Waals surface area (Å²) in [5, 5.41) is 8.77. The van der Waals surface area contributed by atoms with E-state index in [0.29, 0.717) is 11.3 Å². The Hall–Kier alpha value is -2.60. The quantitative estimate of drug-likeness (QED) is 0.606. The van der Waals surface area contributed by atoms with Crippen LogP contribution in [0.1, 0.15) is 18.1 Å². The first-order valence-electron chi connectivity index (χ1n) is 5.90. The maximum atomic E-state index is 10.9. The molecule has 0 saturated carbocycles. The zero-order chi connectivity index (χ0) is 13.8. The predicted octanol–water partition coefficient (Wildman–Crippen LogP) is 3.46. The molecule has 0 spiro atoms. The van der Waals surface area contributed by atoms with E-state index in [1.54, 1.807) is 18.2 Å². The Bertz CT molecular complexity index is 651. The van der Waals surface area contributed by atoms with Gasteiger partial charge in [-0.15, -0.1) is 0 Å². The van der Waals surface area contributed by atoms with Crippen molar-refractivity contribution < 1.29 is 9.53 Å². The highest BCUT2D eigenvalue weighted by molar-refractivity contribution is 5.71. The van der Waals surface area contributed by atoms with Crippen molar-refractivity contribution in [2.24, 2.45) is 0 Å². The molecule has 0 aliphatic rings. The van der Waals surface area contributed by atoms with Crippen molar-refractivity contribution in [3.05, 3.63) is 53.6 Å². The van der Waals surface area contributed by atoms with E-state index in [2.05, 4.69) is 6.07 Å². The Morgan fingerprint density at radius 1 is 1.11 bits per heavy atom. The van der Waals surface area contributed by atoms with Gasteiger partial charge < -0.3 is 4.74 Å². The second-order valence-electron chi connectivity index (χ2n) is 4.26. The number of aryl methyl sites for hydroxylation is 1. The Kier molecular flexibility index (Phi) is 3.63. The van der Waals surface area contributed by atoms with Gasteiger partial charge >= 0.3 is 5.97 Å². The highest BCUT2D eigenvalue weighted by atomic mass is 16.5. The van der Waals surface area contributed by atoms with Crippen molar-refractivity contribution in [2.75, 3.05) is 0 Å². The fourth-order valence-electron chi connectivity index (χ4n) is 1.84. The summed E-state index contributed by atoms with van der Waals surface area (Å²) in [6, 6.07) is 15.1. The summed E-state index contributed by atoms with van der Waals surface area (Å²) in [6.07, 6.45) is 0.